The number of aliphatic imine (C=N–C) groups is 1. The molecule has 6 heteroatoms. The smallest absolute Gasteiger partial charge is 0.205 e. The van der Waals surface area contributed by atoms with Gasteiger partial charge in [-0.1, -0.05) is 0 Å². The second-order valence-electron chi connectivity index (χ2n) is 6.60. The number of thiophene rings is 1. The number of hydrogen-bond acceptors (Lipinski definition) is 6. The average Bonchev–Trinajstić information content (AvgIpc) is 3.06. The van der Waals surface area contributed by atoms with Crippen LogP contribution in [-0.4, -0.2) is 28.9 Å². The van der Waals surface area contributed by atoms with Gasteiger partial charge in [-0.3, -0.25) is 4.79 Å². The normalized spacial score (nSPS) is 21.6. The van der Waals surface area contributed by atoms with Crippen LogP contribution in [0.15, 0.2) is 23.2 Å². The van der Waals surface area contributed by atoms with E-state index in [1.807, 2.05) is 37.8 Å². The molecular formula is C19H17N3O2S. The number of ketones is 1. The first kappa shape index (κ1) is 16.0. The summed E-state index contributed by atoms with van der Waals surface area (Å²) in [5.74, 6) is 0.151. The van der Waals surface area contributed by atoms with E-state index in [1.165, 1.54) is 11.3 Å². The summed E-state index contributed by atoms with van der Waals surface area (Å²) in [7, 11) is 0. The number of amidine groups is 1. The summed E-state index contributed by atoms with van der Waals surface area (Å²) in [6.07, 6.45) is 0.317. The zero-order valence-electron chi connectivity index (χ0n) is 14.3. The zero-order chi connectivity index (χ0) is 17.9. The van der Waals surface area contributed by atoms with Crippen molar-refractivity contribution in [2.75, 3.05) is 11.4 Å². The number of rotatable bonds is 1. The Hall–Kier alpha value is -2.49. The van der Waals surface area contributed by atoms with Gasteiger partial charge in [-0.2, -0.15) is 5.26 Å². The lowest BCUT2D eigenvalue weighted by atomic mass is 9.88. The summed E-state index contributed by atoms with van der Waals surface area (Å²) in [5.41, 5.74) is 2.23. The Morgan fingerprint density at radius 1 is 1.36 bits per heavy atom. The Morgan fingerprint density at radius 3 is 2.80 bits per heavy atom. The summed E-state index contributed by atoms with van der Waals surface area (Å²) in [4.78, 5) is 20.6. The molecule has 0 unspecified atom stereocenters. The van der Waals surface area contributed by atoms with Crippen molar-refractivity contribution in [2.24, 2.45) is 4.99 Å². The molecule has 1 N–H and O–H groups in total. The fraction of sp³-hybridized carbons (Fsp3) is 0.316. The van der Waals surface area contributed by atoms with Gasteiger partial charge in [-0.05, 0) is 50.1 Å². The van der Waals surface area contributed by atoms with Crippen molar-refractivity contribution in [3.8, 4) is 6.07 Å². The number of carbonyl (C=O) groups excluding carboxylic acids is 1. The molecule has 126 valence electrons. The van der Waals surface area contributed by atoms with Gasteiger partial charge < -0.3 is 10.0 Å². The van der Waals surface area contributed by atoms with Crippen molar-refractivity contribution in [1.29, 1.82) is 5.26 Å². The summed E-state index contributed by atoms with van der Waals surface area (Å²) in [6, 6.07) is 7.66. The molecule has 1 aromatic heterocycles. The van der Waals surface area contributed by atoms with Crippen LogP contribution in [0.25, 0.3) is 0 Å². The third-order valence-electron chi connectivity index (χ3n) is 5.14. The fourth-order valence-electron chi connectivity index (χ4n) is 3.53. The van der Waals surface area contributed by atoms with E-state index in [-0.39, 0.29) is 5.78 Å². The highest BCUT2D eigenvalue weighted by Gasteiger charge is 2.53. The molecule has 1 fully saturated rings. The van der Waals surface area contributed by atoms with E-state index < -0.39 is 5.60 Å². The Kier molecular flexibility index (Phi) is 3.36. The summed E-state index contributed by atoms with van der Waals surface area (Å²) >= 11 is 1.49. The molecule has 0 radical (unpaired) electrons. The van der Waals surface area contributed by atoms with Crippen LogP contribution in [0.3, 0.4) is 0 Å². The van der Waals surface area contributed by atoms with Crippen molar-refractivity contribution in [2.45, 2.75) is 32.8 Å². The molecule has 4 rings (SSSR count). The van der Waals surface area contributed by atoms with Crippen molar-refractivity contribution < 1.29 is 9.90 Å². The number of aryl methyl sites for hydroxylation is 2. The summed E-state index contributed by atoms with van der Waals surface area (Å²) in [6.45, 7) is 6.26. The standard InChI is InChI=1S/C19H17N3O2S/c1-10-8-14(5-4-13(10)9-20)22-7-6-19(24)16(23)15-11(2)12(3)25-17(15)21-18(19)22/h4-5,8,24H,6-7H2,1-3H3/t19-/m1/s1. The number of carbonyl (C=O) groups is 1. The predicted octanol–water partition coefficient (Wildman–Crippen LogP) is 3.41. The van der Waals surface area contributed by atoms with Gasteiger partial charge in [0.05, 0.1) is 17.2 Å². The van der Waals surface area contributed by atoms with Crippen molar-refractivity contribution in [3.05, 3.63) is 45.3 Å². The van der Waals surface area contributed by atoms with E-state index in [9.17, 15) is 9.90 Å². The van der Waals surface area contributed by atoms with Gasteiger partial charge in [0.15, 0.2) is 11.4 Å². The van der Waals surface area contributed by atoms with Crippen LogP contribution in [0.4, 0.5) is 10.7 Å². The highest BCUT2D eigenvalue weighted by atomic mass is 32.1. The molecule has 3 heterocycles. The monoisotopic (exact) mass is 351 g/mol. The van der Waals surface area contributed by atoms with E-state index in [2.05, 4.69) is 11.1 Å². The van der Waals surface area contributed by atoms with Crippen LogP contribution in [-0.2, 0) is 0 Å². The van der Waals surface area contributed by atoms with E-state index in [0.29, 0.717) is 34.9 Å². The van der Waals surface area contributed by atoms with E-state index in [0.717, 1.165) is 21.7 Å². The molecule has 0 spiro atoms. The Morgan fingerprint density at radius 2 is 2.12 bits per heavy atom. The number of Topliss-reactive ketones (excluding diaryl/α,β-unsaturated/α-hetero) is 1. The molecule has 1 atom stereocenters. The number of nitriles is 1. The largest absolute Gasteiger partial charge is 0.374 e. The summed E-state index contributed by atoms with van der Waals surface area (Å²) < 4.78 is 0. The van der Waals surface area contributed by atoms with Gasteiger partial charge in [0.1, 0.15) is 5.00 Å². The number of nitrogens with zero attached hydrogens (tertiary/aromatic N) is 3. The van der Waals surface area contributed by atoms with Gasteiger partial charge in [-0.25, -0.2) is 4.99 Å². The maximum absolute atomic E-state index is 13.0. The minimum absolute atomic E-state index is 0.248. The van der Waals surface area contributed by atoms with Crippen molar-refractivity contribution in [1.82, 2.24) is 0 Å². The van der Waals surface area contributed by atoms with Gasteiger partial charge in [0.2, 0.25) is 5.78 Å². The minimum atomic E-state index is -1.56. The number of benzene rings is 1. The lowest BCUT2D eigenvalue weighted by Crippen LogP contribution is -2.48. The fourth-order valence-corrected chi connectivity index (χ4v) is 4.56. The van der Waals surface area contributed by atoms with Gasteiger partial charge in [0.25, 0.3) is 0 Å². The van der Waals surface area contributed by atoms with Crippen molar-refractivity contribution >= 4 is 33.6 Å². The lowest BCUT2D eigenvalue weighted by molar-refractivity contribution is 0.0602. The first-order chi connectivity index (χ1) is 11.9. The molecule has 2 aromatic rings. The molecule has 0 saturated carbocycles. The molecule has 2 aliphatic rings. The molecule has 5 nitrogen and oxygen atoms in total. The van der Waals surface area contributed by atoms with Gasteiger partial charge >= 0.3 is 0 Å². The number of hydrogen-bond donors (Lipinski definition) is 1. The molecular weight excluding hydrogens is 334 g/mol. The SMILES string of the molecule is Cc1cc(N2CC[C@@]3(O)C(=O)c4c(sc(C)c4C)N=C23)ccc1C#N. The molecule has 0 aliphatic carbocycles. The van der Waals surface area contributed by atoms with E-state index in [1.54, 1.807) is 6.07 Å². The second kappa shape index (κ2) is 5.25. The molecule has 1 saturated heterocycles. The Bertz CT molecular complexity index is 999. The zero-order valence-corrected chi connectivity index (χ0v) is 15.1. The Balaban J connectivity index is 1.86. The number of fused-ring (bicyclic) bond motifs is 2. The van der Waals surface area contributed by atoms with E-state index >= 15 is 0 Å². The maximum Gasteiger partial charge on any atom is 0.205 e. The third-order valence-corrected chi connectivity index (χ3v) is 6.24. The minimum Gasteiger partial charge on any atom is -0.374 e. The average molecular weight is 351 g/mol. The highest BCUT2D eigenvalue weighted by molar-refractivity contribution is 7.16. The Labute approximate surface area is 149 Å². The van der Waals surface area contributed by atoms with Gasteiger partial charge in [-0.15, -0.1) is 11.3 Å². The van der Waals surface area contributed by atoms with Gasteiger partial charge in [0, 0.05) is 23.5 Å². The second-order valence-corrected chi connectivity index (χ2v) is 7.80. The topological polar surface area (TPSA) is 76.7 Å². The van der Waals surface area contributed by atoms with Crippen LogP contribution in [0.5, 0.6) is 0 Å². The van der Waals surface area contributed by atoms with Crippen LogP contribution in [0.1, 0.15) is 38.3 Å². The summed E-state index contributed by atoms with van der Waals surface area (Å²) in [5, 5.41) is 20.9. The number of anilines is 1. The van der Waals surface area contributed by atoms with Crippen LogP contribution in [0, 0.1) is 32.1 Å². The van der Waals surface area contributed by atoms with Crippen molar-refractivity contribution in [3.63, 3.8) is 0 Å². The molecule has 1 aromatic carbocycles. The first-order valence-electron chi connectivity index (χ1n) is 8.11. The molecule has 0 amide bonds. The molecule has 25 heavy (non-hydrogen) atoms. The predicted molar refractivity (Wildman–Crippen MR) is 98.0 cm³/mol. The quantitative estimate of drug-likeness (QED) is 0.854. The molecule has 0 bridgehead atoms. The first-order valence-corrected chi connectivity index (χ1v) is 8.93. The van der Waals surface area contributed by atoms with Crippen LogP contribution >= 0.6 is 11.3 Å². The molecule has 2 aliphatic heterocycles. The van der Waals surface area contributed by atoms with Crippen LogP contribution < -0.4 is 4.90 Å². The number of aliphatic hydroxyl groups is 1. The lowest BCUT2D eigenvalue weighted by Gasteiger charge is -2.29. The highest BCUT2D eigenvalue weighted by Crippen LogP contribution is 2.45. The maximum atomic E-state index is 13.0. The van der Waals surface area contributed by atoms with Crippen LogP contribution in [0.2, 0.25) is 0 Å². The van der Waals surface area contributed by atoms with E-state index in [4.69, 9.17) is 5.26 Å². The third kappa shape index (κ3) is 2.10.